The molecule has 10 heavy (non-hydrogen) atoms. The molecule has 0 spiro atoms. The highest BCUT2D eigenvalue weighted by Gasteiger charge is 2.21. The third kappa shape index (κ3) is 1.29. The van der Waals surface area contributed by atoms with E-state index >= 15 is 0 Å². The Morgan fingerprint density at radius 1 is 1.90 bits per heavy atom. The summed E-state index contributed by atoms with van der Waals surface area (Å²) in [5, 5.41) is 8.82. The Kier molecular flexibility index (Phi) is 1.94. The molecular formula is C7H10O3. The molecule has 0 saturated carbocycles. The molecule has 0 radical (unpaired) electrons. The number of hydrogen-bond acceptors (Lipinski definition) is 3. The van der Waals surface area contributed by atoms with Crippen LogP contribution >= 0.6 is 0 Å². The van der Waals surface area contributed by atoms with E-state index in [0.29, 0.717) is 12.8 Å². The molecule has 3 nitrogen and oxygen atoms in total. The number of allylic oxidation sites excluding steroid dienone is 1. The minimum Gasteiger partial charge on any atom is -0.481 e. The van der Waals surface area contributed by atoms with Crippen molar-refractivity contribution in [1.82, 2.24) is 0 Å². The molecule has 0 amide bonds. The Hall–Kier alpha value is -0.990. The summed E-state index contributed by atoms with van der Waals surface area (Å²) < 4.78 is 4.81. The molecule has 0 aromatic rings. The number of rotatable bonds is 1. The van der Waals surface area contributed by atoms with Gasteiger partial charge in [0.05, 0.1) is 0 Å². The summed E-state index contributed by atoms with van der Waals surface area (Å²) >= 11 is 0. The normalized spacial score (nSPS) is 25.5. The maximum atomic E-state index is 10.9. The van der Waals surface area contributed by atoms with Crippen LogP contribution in [0.1, 0.15) is 19.8 Å². The Bertz CT molecular complexity index is 172. The van der Waals surface area contributed by atoms with Crippen molar-refractivity contribution in [1.29, 1.82) is 0 Å². The van der Waals surface area contributed by atoms with Crippen molar-refractivity contribution in [3.8, 4) is 0 Å². The maximum absolute atomic E-state index is 10.9. The van der Waals surface area contributed by atoms with E-state index in [4.69, 9.17) is 9.84 Å². The Balaban J connectivity index is 2.62. The molecule has 1 aliphatic heterocycles. The highest BCUT2D eigenvalue weighted by molar-refractivity contribution is 5.85. The summed E-state index contributed by atoms with van der Waals surface area (Å²) in [7, 11) is 0. The van der Waals surface area contributed by atoms with E-state index in [1.807, 2.05) is 6.92 Å². The fourth-order valence-electron chi connectivity index (χ4n) is 0.890. The number of aliphatic hydroxyl groups is 1. The van der Waals surface area contributed by atoms with E-state index < -0.39 is 6.10 Å². The van der Waals surface area contributed by atoms with Gasteiger partial charge >= 0.3 is 0 Å². The van der Waals surface area contributed by atoms with Crippen molar-refractivity contribution in [2.45, 2.75) is 25.9 Å². The summed E-state index contributed by atoms with van der Waals surface area (Å²) in [6.45, 7) is 1.85. The first-order valence-corrected chi connectivity index (χ1v) is 3.32. The fraction of sp³-hybridized carbons (Fsp3) is 0.571. The first-order chi connectivity index (χ1) is 4.74. The van der Waals surface area contributed by atoms with Gasteiger partial charge in [0.25, 0.3) is 5.95 Å². The fourth-order valence-corrected chi connectivity index (χ4v) is 0.890. The van der Waals surface area contributed by atoms with Gasteiger partial charge in [-0.25, -0.2) is 0 Å². The highest BCUT2D eigenvalue weighted by Crippen LogP contribution is 2.13. The molecule has 0 aromatic heterocycles. The Morgan fingerprint density at radius 3 is 3.10 bits per heavy atom. The van der Waals surface area contributed by atoms with Gasteiger partial charge in [-0.2, -0.15) is 0 Å². The molecule has 1 N–H and O–H groups in total. The predicted molar refractivity (Wildman–Crippen MR) is 35.5 cm³/mol. The van der Waals surface area contributed by atoms with Gasteiger partial charge in [-0.15, -0.1) is 0 Å². The monoisotopic (exact) mass is 142 g/mol. The van der Waals surface area contributed by atoms with Gasteiger partial charge in [-0.1, -0.05) is 6.92 Å². The summed E-state index contributed by atoms with van der Waals surface area (Å²) in [5.41, 5.74) is 0. The van der Waals surface area contributed by atoms with Crippen molar-refractivity contribution in [2.24, 2.45) is 0 Å². The molecule has 56 valence electrons. The molecule has 3 heteroatoms. The van der Waals surface area contributed by atoms with Crippen molar-refractivity contribution >= 4 is 5.78 Å². The lowest BCUT2D eigenvalue weighted by atomic mass is 10.1. The van der Waals surface area contributed by atoms with Crippen LogP contribution in [0, 0.1) is 0 Å². The number of carbonyl (C=O) groups excluding carboxylic acids is 1. The van der Waals surface area contributed by atoms with Crippen molar-refractivity contribution < 1.29 is 14.6 Å². The lowest BCUT2D eigenvalue weighted by Gasteiger charge is -2.18. The van der Waals surface area contributed by atoms with Crippen LogP contribution in [0.3, 0.4) is 0 Å². The van der Waals surface area contributed by atoms with Crippen LogP contribution < -0.4 is 0 Å². The molecule has 1 unspecified atom stereocenters. The molecule has 0 fully saturated rings. The number of ether oxygens (including phenoxy) is 1. The summed E-state index contributed by atoms with van der Waals surface area (Å²) in [6.07, 6.45) is 1.88. The quantitative estimate of drug-likeness (QED) is 0.597. The standard InChI is InChI=1S/C7H10O3/c1-2-6-5(8)3-4-7(9)10-6/h4,6,9H,2-3H2,1H3. The van der Waals surface area contributed by atoms with Crippen LogP contribution in [-0.4, -0.2) is 17.0 Å². The second-order valence-electron chi connectivity index (χ2n) is 2.23. The van der Waals surface area contributed by atoms with Crippen molar-refractivity contribution in [3.05, 3.63) is 12.0 Å². The molecule has 1 rings (SSSR count). The van der Waals surface area contributed by atoms with Gasteiger partial charge in [0, 0.05) is 12.5 Å². The second-order valence-corrected chi connectivity index (χ2v) is 2.23. The molecule has 1 aliphatic rings. The van der Waals surface area contributed by atoms with Crippen LogP contribution in [0.2, 0.25) is 0 Å². The third-order valence-corrected chi connectivity index (χ3v) is 1.47. The van der Waals surface area contributed by atoms with Crippen LogP contribution in [0.4, 0.5) is 0 Å². The Labute approximate surface area is 59.3 Å². The van der Waals surface area contributed by atoms with Gasteiger partial charge < -0.3 is 9.84 Å². The van der Waals surface area contributed by atoms with Gasteiger partial charge in [0.1, 0.15) is 0 Å². The van der Waals surface area contributed by atoms with E-state index in [-0.39, 0.29) is 11.7 Å². The number of carbonyl (C=O) groups is 1. The number of aliphatic hydroxyl groups excluding tert-OH is 1. The van der Waals surface area contributed by atoms with E-state index in [1.54, 1.807) is 0 Å². The number of ketones is 1. The molecule has 1 heterocycles. The summed E-state index contributed by atoms with van der Waals surface area (Å²) in [5.74, 6) is -0.0771. The van der Waals surface area contributed by atoms with Crippen molar-refractivity contribution in [3.63, 3.8) is 0 Å². The summed E-state index contributed by atoms with van der Waals surface area (Å²) in [6, 6.07) is 0. The van der Waals surface area contributed by atoms with Crippen LogP contribution in [0.25, 0.3) is 0 Å². The lowest BCUT2D eigenvalue weighted by Crippen LogP contribution is -2.26. The smallest absolute Gasteiger partial charge is 0.273 e. The predicted octanol–water partition coefficient (Wildman–Crippen LogP) is 1.15. The second kappa shape index (κ2) is 2.73. The maximum Gasteiger partial charge on any atom is 0.273 e. The molecule has 0 bridgehead atoms. The SMILES string of the molecule is CCC1OC(O)=CCC1=O. The molecule has 0 aliphatic carbocycles. The first-order valence-electron chi connectivity index (χ1n) is 3.32. The van der Waals surface area contributed by atoms with E-state index in [0.717, 1.165) is 0 Å². The van der Waals surface area contributed by atoms with Crippen LogP contribution in [0.15, 0.2) is 12.0 Å². The average molecular weight is 142 g/mol. The van der Waals surface area contributed by atoms with Crippen LogP contribution in [-0.2, 0) is 9.53 Å². The van der Waals surface area contributed by atoms with E-state index in [1.165, 1.54) is 6.08 Å². The average Bonchev–Trinajstić information content (AvgIpc) is 1.94. The zero-order chi connectivity index (χ0) is 7.56. The van der Waals surface area contributed by atoms with E-state index in [2.05, 4.69) is 0 Å². The van der Waals surface area contributed by atoms with Gasteiger partial charge in [-0.3, -0.25) is 4.79 Å². The molecule has 1 atom stereocenters. The van der Waals surface area contributed by atoms with Gasteiger partial charge in [-0.05, 0) is 6.42 Å². The summed E-state index contributed by atoms with van der Waals surface area (Å²) in [4.78, 5) is 10.9. The zero-order valence-electron chi connectivity index (χ0n) is 5.83. The zero-order valence-corrected chi connectivity index (χ0v) is 5.83. The first kappa shape index (κ1) is 7.12. The number of hydrogen-bond donors (Lipinski definition) is 1. The van der Waals surface area contributed by atoms with E-state index in [9.17, 15) is 4.79 Å². The van der Waals surface area contributed by atoms with Gasteiger partial charge in [0.2, 0.25) is 0 Å². The minimum atomic E-state index is -0.426. The molecular weight excluding hydrogens is 132 g/mol. The largest absolute Gasteiger partial charge is 0.481 e. The van der Waals surface area contributed by atoms with Gasteiger partial charge in [0.15, 0.2) is 11.9 Å². The highest BCUT2D eigenvalue weighted by atomic mass is 16.6. The van der Waals surface area contributed by atoms with Crippen molar-refractivity contribution in [2.75, 3.05) is 0 Å². The minimum absolute atomic E-state index is 0.0419. The number of Topliss-reactive ketones (excluding diaryl/α,β-unsaturated/α-hetero) is 1. The lowest BCUT2D eigenvalue weighted by molar-refractivity contribution is -0.132. The topological polar surface area (TPSA) is 46.5 Å². The molecule has 0 saturated heterocycles. The van der Waals surface area contributed by atoms with Crippen LogP contribution in [0.5, 0.6) is 0 Å². The third-order valence-electron chi connectivity index (χ3n) is 1.47. The molecule has 0 aromatic carbocycles. The Morgan fingerprint density at radius 2 is 2.60 bits per heavy atom.